The second kappa shape index (κ2) is 5.66. The Hall–Kier alpha value is -1.82. The van der Waals surface area contributed by atoms with Crippen LogP contribution in [0.1, 0.15) is 37.2 Å². The zero-order valence-corrected chi connectivity index (χ0v) is 11.8. The third kappa shape index (κ3) is 3.60. The first-order chi connectivity index (χ1) is 9.37. The number of carboxylic acid groups (broad SMARTS) is 1. The molecular formula is C14H20N2O4. The van der Waals surface area contributed by atoms with Crippen LogP contribution in [0.2, 0.25) is 0 Å². The molecule has 2 heterocycles. The molecule has 0 aliphatic carbocycles. The lowest BCUT2D eigenvalue weighted by Gasteiger charge is -2.35. The van der Waals surface area contributed by atoms with E-state index in [9.17, 15) is 9.59 Å². The second-order valence-corrected chi connectivity index (χ2v) is 5.69. The molecule has 0 bridgehead atoms. The van der Waals surface area contributed by atoms with E-state index in [1.807, 2.05) is 13.8 Å². The maximum Gasteiger partial charge on any atom is 0.352 e. The van der Waals surface area contributed by atoms with Crippen molar-refractivity contribution in [3.05, 3.63) is 24.0 Å². The van der Waals surface area contributed by atoms with Crippen LogP contribution in [0, 0.1) is 0 Å². The summed E-state index contributed by atoms with van der Waals surface area (Å²) in [5.41, 5.74) is -0.108. The lowest BCUT2D eigenvalue weighted by Crippen LogP contribution is -2.46. The minimum absolute atomic E-state index is 0.0203. The monoisotopic (exact) mass is 280 g/mol. The molecule has 0 saturated carbocycles. The third-order valence-electron chi connectivity index (χ3n) is 3.42. The lowest BCUT2D eigenvalue weighted by molar-refractivity contribution is -0.124. The zero-order valence-electron chi connectivity index (χ0n) is 11.8. The lowest BCUT2D eigenvalue weighted by atomic mass is 9.94. The Morgan fingerprint density at radius 1 is 1.55 bits per heavy atom. The molecular weight excluding hydrogens is 260 g/mol. The molecule has 1 aromatic heterocycles. The van der Waals surface area contributed by atoms with Crippen molar-refractivity contribution < 1.29 is 19.4 Å². The minimum atomic E-state index is -1.03. The number of rotatable bonds is 4. The van der Waals surface area contributed by atoms with Gasteiger partial charge in [0.2, 0.25) is 5.91 Å². The van der Waals surface area contributed by atoms with Crippen molar-refractivity contribution in [3.63, 3.8) is 0 Å². The number of carbonyl (C=O) groups is 2. The highest BCUT2D eigenvalue weighted by molar-refractivity contribution is 5.86. The van der Waals surface area contributed by atoms with E-state index in [1.54, 1.807) is 12.3 Å². The highest BCUT2D eigenvalue weighted by Gasteiger charge is 2.29. The quantitative estimate of drug-likeness (QED) is 0.870. The van der Waals surface area contributed by atoms with Gasteiger partial charge in [-0.05, 0) is 38.8 Å². The minimum Gasteiger partial charge on any atom is -0.477 e. The maximum absolute atomic E-state index is 12.0. The van der Waals surface area contributed by atoms with Crippen molar-refractivity contribution in [2.75, 3.05) is 6.61 Å². The van der Waals surface area contributed by atoms with Crippen LogP contribution in [0.3, 0.4) is 0 Å². The normalized spacial score (nSPS) is 21.4. The molecule has 1 amide bonds. The fraction of sp³-hybridized carbons (Fsp3) is 0.571. The molecule has 1 aliphatic heterocycles. The molecule has 2 N–H and O–H groups in total. The van der Waals surface area contributed by atoms with Gasteiger partial charge in [0.05, 0.1) is 5.60 Å². The van der Waals surface area contributed by atoms with E-state index in [0.29, 0.717) is 6.61 Å². The fourth-order valence-corrected chi connectivity index (χ4v) is 2.53. The number of carbonyl (C=O) groups excluding carboxylic acids is 1. The summed E-state index contributed by atoms with van der Waals surface area (Å²) >= 11 is 0. The molecule has 0 aromatic carbocycles. The van der Waals surface area contributed by atoms with Gasteiger partial charge in [-0.3, -0.25) is 4.79 Å². The SMILES string of the molecule is CC1(C)CC(NC(=O)Cn2cccc2C(=O)O)CCO1. The fourth-order valence-electron chi connectivity index (χ4n) is 2.53. The number of carboxylic acids is 1. The highest BCUT2D eigenvalue weighted by atomic mass is 16.5. The van der Waals surface area contributed by atoms with Gasteiger partial charge in [-0.25, -0.2) is 4.79 Å². The number of nitrogens with zero attached hydrogens (tertiary/aromatic N) is 1. The molecule has 110 valence electrons. The van der Waals surface area contributed by atoms with Crippen LogP contribution >= 0.6 is 0 Å². The van der Waals surface area contributed by atoms with E-state index in [-0.39, 0.29) is 29.8 Å². The van der Waals surface area contributed by atoms with Crippen LogP contribution in [0.15, 0.2) is 18.3 Å². The van der Waals surface area contributed by atoms with Crippen LogP contribution in [-0.4, -0.2) is 39.8 Å². The predicted octanol–water partition coefficient (Wildman–Crippen LogP) is 1.26. The average molecular weight is 280 g/mol. The number of ether oxygens (including phenoxy) is 1. The number of hydrogen-bond acceptors (Lipinski definition) is 3. The second-order valence-electron chi connectivity index (χ2n) is 5.69. The molecule has 20 heavy (non-hydrogen) atoms. The molecule has 1 aromatic rings. The Morgan fingerprint density at radius 3 is 2.95 bits per heavy atom. The van der Waals surface area contributed by atoms with E-state index < -0.39 is 5.97 Å². The summed E-state index contributed by atoms with van der Waals surface area (Å²) in [6.45, 7) is 4.65. The Kier molecular flexibility index (Phi) is 4.13. The van der Waals surface area contributed by atoms with Gasteiger partial charge in [-0.2, -0.15) is 0 Å². The Morgan fingerprint density at radius 2 is 2.30 bits per heavy atom. The van der Waals surface area contributed by atoms with Crippen molar-refractivity contribution in [1.29, 1.82) is 0 Å². The Bertz CT molecular complexity index is 507. The molecule has 1 saturated heterocycles. The van der Waals surface area contributed by atoms with Gasteiger partial charge < -0.3 is 19.7 Å². The van der Waals surface area contributed by atoms with E-state index in [4.69, 9.17) is 9.84 Å². The van der Waals surface area contributed by atoms with E-state index >= 15 is 0 Å². The molecule has 6 nitrogen and oxygen atoms in total. The molecule has 2 rings (SSSR count). The number of hydrogen-bond donors (Lipinski definition) is 2. The molecule has 1 atom stereocenters. The van der Waals surface area contributed by atoms with Gasteiger partial charge in [0.1, 0.15) is 12.2 Å². The van der Waals surface area contributed by atoms with Crippen molar-refractivity contribution in [3.8, 4) is 0 Å². The van der Waals surface area contributed by atoms with Gasteiger partial charge in [-0.15, -0.1) is 0 Å². The van der Waals surface area contributed by atoms with Crippen LogP contribution in [0.4, 0.5) is 0 Å². The molecule has 0 radical (unpaired) electrons. The van der Waals surface area contributed by atoms with Crippen molar-refractivity contribution >= 4 is 11.9 Å². The largest absolute Gasteiger partial charge is 0.477 e. The van der Waals surface area contributed by atoms with E-state index in [1.165, 1.54) is 10.6 Å². The highest BCUT2D eigenvalue weighted by Crippen LogP contribution is 2.23. The topological polar surface area (TPSA) is 80.6 Å². The van der Waals surface area contributed by atoms with Gasteiger partial charge in [0, 0.05) is 18.8 Å². The summed E-state index contributed by atoms with van der Waals surface area (Å²) in [4.78, 5) is 23.0. The number of nitrogens with one attached hydrogen (secondary N) is 1. The summed E-state index contributed by atoms with van der Waals surface area (Å²) in [6, 6.07) is 3.18. The zero-order chi connectivity index (χ0) is 14.8. The Balaban J connectivity index is 1.92. The molecule has 0 spiro atoms. The van der Waals surface area contributed by atoms with Crippen molar-refractivity contribution in [2.45, 2.75) is 44.9 Å². The first-order valence-corrected chi connectivity index (χ1v) is 6.69. The third-order valence-corrected chi connectivity index (χ3v) is 3.42. The van der Waals surface area contributed by atoms with Crippen molar-refractivity contribution in [2.24, 2.45) is 0 Å². The average Bonchev–Trinajstić information content (AvgIpc) is 2.75. The molecule has 6 heteroatoms. The Labute approximate surface area is 117 Å². The van der Waals surface area contributed by atoms with Gasteiger partial charge in [0.15, 0.2) is 0 Å². The maximum atomic E-state index is 12.0. The van der Waals surface area contributed by atoms with Gasteiger partial charge in [-0.1, -0.05) is 0 Å². The van der Waals surface area contributed by atoms with Gasteiger partial charge in [0.25, 0.3) is 0 Å². The first kappa shape index (κ1) is 14.6. The van der Waals surface area contributed by atoms with E-state index in [0.717, 1.165) is 12.8 Å². The summed E-state index contributed by atoms with van der Waals surface area (Å²) in [6.07, 6.45) is 3.14. The smallest absolute Gasteiger partial charge is 0.352 e. The summed E-state index contributed by atoms with van der Waals surface area (Å²) in [5.74, 6) is -1.21. The molecule has 1 fully saturated rings. The van der Waals surface area contributed by atoms with E-state index in [2.05, 4.69) is 5.32 Å². The molecule has 1 aliphatic rings. The van der Waals surface area contributed by atoms with Crippen LogP contribution in [0.5, 0.6) is 0 Å². The molecule has 1 unspecified atom stereocenters. The number of aromatic carboxylic acids is 1. The van der Waals surface area contributed by atoms with Crippen LogP contribution in [0.25, 0.3) is 0 Å². The standard InChI is InChI=1S/C14H20N2O4/c1-14(2)8-10(5-7-20-14)15-12(17)9-16-6-3-4-11(16)13(18)19/h3-4,6,10H,5,7-9H2,1-2H3,(H,15,17)(H,18,19). The van der Waals surface area contributed by atoms with Gasteiger partial charge >= 0.3 is 5.97 Å². The first-order valence-electron chi connectivity index (χ1n) is 6.69. The number of aromatic nitrogens is 1. The predicted molar refractivity (Wildman–Crippen MR) is 72.6 cm³/mol. The van der Waals surface area contributed by atoms with Crippen LogP contribution < -0.4 is 5.32 Å². The van der Waals surface area contributed by atoms with Crippen LogP contribution in [-0.2, 0) is 16.1 Å². The summed E-state index contributed by atoms with van der Waals surface area (Å²) in [7, 11) is 0. The summed E-state index contributed by atoms with van der Waals surface area (Å²) < 4.78 is 7.03. The van der Waals surface area contributed by atoms with Crippen molar-refractivity contribution in [1.82, 2.24) is 9.88 Å². The number of amides is 1. The summed E-state index contributed by atoms with van der Waals surface area (Å²) in [5, 5.41) is 11.9.